The van der Waals surface area contributed by atoms with Crippen LogP contribution >= 0.6 is 23.1 Å². The Kier molecular flexibility index (Phi) is 3.40. The molecule has 2 rings (SSSR count). The fourth-order valence-corrected chi connectivity index (χ4v) is 3.07. The van der Waals surface area contributed by atoms with Crippen molar-refractivity contribution in [1.82, 2.24) is 4.98 Å². The van der Waals surface area contributed by atoms with Crippen LogP contribution in [0.15, 0.2) is 22.5 Å². The average Bonchev–Trinajstić information content (AvgIpc) is 2.67. The van der Waals surface area contributed by atoms with Gasteiger partial charge in [-0.05, 0) is 18.2 Å². The molecule has 0 fully saturated rings. The van der Waals surface area contributed by atoms with Gasteiger partial charge in [-0.15, -0.1) is 11.3 Å². The van der Waals surface area contributed by atoms with Gasteiger partial charge >= 0.3 is 5.97 Å². The predicted molar refractivity (Wildman–Crippen MR) is 63.3 cm³/mol. The molecule has 2 aromatic rings. The van der Waals surface area contributed by atoms with Crippen molar-refractivity contribution in [3.05, 3.63) is 23.8 Å². The van der Waals surface area contributed by atoms with Gasteiger partial charge in [0.15, 0.2) is 4.34 Å². The summed E-state index contributed by atoms with van der Waals surface area (Å²) in [5, 5.41) is 8.81. The average molecular weight is 257 g/mol. The largest absolute Gasteiger partial charge is 0.478 e. The van der Waals surface area contributed by atoms with Crippen LogP contribution in [0.3, 0.4) is 0 Å². The lowest BCUT2D eigenvalue weighted by Gasteiger charge is -1.91. The van der Waals surface area contributed by atoms with E-state index in [0.717, 1.165) is 9.04 Å². The Labute approximate surface area is 99.3 Å². The number of aromatic nitrogens is 1. The minimum Gasteiger partial charge on any atom is -0.478 e. The van der Waals surface area contributed by atoms with Crippen molar-refractivity contribution in [3.63, 3.8) is 0 Å². The molecule has 0 saturated carbocycles. The topological polar surface area (TPSA) is 50.2 Å². The van der Waals surface area contributed by atoms with Gasteiger partial charge in [0.2, 0.25) is 0 Å². The third-order valence-corrected chi connectivity index (χ3v) is 4.05. The second-order valence-electron chi connectivity index (χ2n) is 3.00. The van der Waals surface area contributed by atoms with E-state index in [1.807, 2.05) is 0 Å². The number of thiazole rings is 1. The van der Waals surface area contributed by atoms with Crippen LogP contribution in [0.2, 0.25) is 0 Å². The number of benzene rings is 1. The molecule has 1 aromatic carbocycles. The van der Waals surface area contributed by atoms with Crippen molar-refractivity contribution < 1.29 is 14.3 Å². The van der Waals surface area contributed by atoms with Gasteiger partial charge in [0.1, 0.15) is 0 Å². The molecular weight excluding hydrogens is 249 g/mol. The highest BCUT2D eigenvalue weighted by molar-refractivity contribution is 8.01. The van der Waals surface area contributed by atoms with Crippen molar-refractivity contribution in [3.8, 4) is 0 Å². The summed E-state index contributed by atoms with van der Waals surface area (Å²) in [5.74, 6) is -0.584. The number of hydrogen-bond donors (Lipinski definition) is 1. The molecule has 0 saturated heterocycles. The summed E-state index contributed by atoms with van der Waals surface area (Å²) in [4.78, 5) is 15.0. The van der Waals surface area contributed by atoms with Gasteiger partial charge in [-0.25, -0.2) is 9.78 Å². The third-order valence-electron chi connectivity index (χ3n) is 1.92. The first-order valence-corrected chi connectivity index (χ1v) is 6.33. The first-order chi connectivity index (χ1) is 7.70. The third kappa shape index (κ3) is 2.33. The minimum absolute atomic E-state index is 0.222. The number of carboxylic acid groups (broad SMARTS) is 1. The molecule has 16 heavy (non-hydrogen) atoms. The van der Waals surface area contributed by atoms with Gasteiger partial charge in [0.05, 0.1) is 22.5 Å². The van der Waals surface area contributed by atoms with Gasteiger partial charge in [-0.1, -0.05) is 11.8 Å². The van der Waals surface area contributed by atoms with Crippen LogP contribution in [0.25, 0.3) is 10.2 Å². The molecule has 0 bridgehead atoms. The van der Waals surface area contributed by atoms with Gasteiger partial charge in [0.25, 0.3) is 0 Å². The zero-order valence-corrected chi connectivity index (χ0v) is 9.78. The Morgan fingerprint density at radius 2 is 2.38 bits per heavy atom. The van der Waals surface area contributed by atoms with Crippen molar-refractivity contribution >= 4 is 39.3 Å². The fourth-order valence-electron chi connectivity index (χ4n) is 1.23. The number of aromatic carboxylic acids is 1. The zero-order chi connectivity index (χ0) is 11.5. The lowest BCUT2D eigenvalue weighted by molar-refractivity contribution is 0.0697. The highest BCUT2D eigenvalue weighted by Gasteiger charge is 2.08. The predicted octanol–water partition coefficient (Wildman–Crippen LogP) is 3.06. The van der Waals surface area contributed by atoms with Crippen molar-refractivity contribution in [2.75, 3.05) is 12.4 Å². The number of fused-ring (bicyclic) bond motifs is 1. The van der Waals surface area contributed by atoms with E-state index in [4.69, 9.17) is 5.11 Å². The van der Waals surface area contributed by atoms with E-state index in [9.17, 15) is 9.18 Å². The molecule has 1 heterocycles. The second-order valence-corrected chi connectivity index (χ2v) is 5.38. The van der Waals surface area contributed by atoms with E-state index in [-0.39, 0.29) is 12.2 Å². The maximum atomic E-state index is 12.0. The molecule has 0 amide bonds. The number of carbonyl (C=O) groups is 1. The first-order valence-electron chi connectivity index (χ1n) is 4.53. The fraction of sp³-hybridized carbons (Fsp3) is 0.200. The summed E-state index contributed by atoms with van der Waals surface area (Å²) in [7, 11) is 0. The van der Waals surface area contributed by atoms with Crippen molar-refractivity contribution in [2.45, 2.75) is 4.34 Å². The van der Waals surface area contributed by atoms with E-state index < -0.39 is 5.97 Å². The summed E-state index contributed by atoms with van der Waals surface area (Å²) in [6.07, 6.45) is 0. The van der Waals surface area contributed by atoms with E-state index in [0.29, 0.717) is 11.3 Å². The Morgan fingerprint density at radius 3 is 3.06 bits per heavy atom. The molecule has 0 aliphatic carbocycles. The maximum absolute atomic E-state index is 12.0. The van der Waals surface area contributed by atoms with Crippen LogP contribution in [0, 0.1) is 0 Å². The number of nitrogens with zero attached hydrogens (tertiary/aromatic N) is 1. The van der Waals surface area contributed by atoms with E-state index in [2.05, 4.69) is 4.98 Å². The molecule has 6 heteroatoms. The number of rotatable bonds is 4. The van der Waals surface area contributed by atoms with Crippen molar-refractivity contribution in [2.24, 2.45) is 0 Å². The van der Waals surface area contributed by atoms with Crippen molar-refractivity contribution in [1.29, 1.82) is 0 Å². The lowest BCUT2D eigenvalue weighted by Crippen LogP contribution is -1.94. The van der Waals surface area contributed by atoms with Crippen LogP contribution in [0.4, 0.5) is 4.39 Å². The van der Waals surface area contributed by atoms with Crippen LogP contribution in [0.5, 0.6) is 0 Å². The number of thioether (sulfide) groups is 1. The molecule has 3 nitrogen and oxygen atoms in total. The standard InChI is InChI=1S/C10H8FNO2S2/c11-3-4-15-10-12-7-5-6(9(13)14)1-2-8(7)16-10/h1-2,5H,3-4H2,(H,13,14). The number of alkyl halides is 1. The smallest absolute Gasteiger partial charge is 0.335 e. The summed E-state index contributed by atoms with van der Waals surface area (Å²) in [6, 6.07) is 4.82. The normalized spacial score (nSPS) is 10.8. The van der Waals surface area contributed by atoms with Gasteiger partial charge in [0, 0.05) is 5.75 Å². The summed E-state index contributed by atoms with van der Waals surface area (Å²) >= 11 is 2.80. The molecule has 0 unspecified atom stereocenters. The number of hydrogen-bond acceptors (Lipinski definition) is 4. The summed E-state index contributed by atoms with van der Waals surface area (Å²) < 4.78 is 13.7. The molecule has 0 aliphatic heterocycles. The van der Waals surface area contributed by atoms with E-state index in [1.165, 1.54) is 29.2 Å². The monoisotopic (exact) mass is 257 g/mol. The molecule has 0 aliphatic rings. The van der Waals surface area contributed by atoms with Gasteiger partial charge in [-0.2, -0.15) is 0 Å². The zero-order valence-electron chi connectivity index (χ0n) is 8.14. The lowest BCUT2D eigenvalue weighted by atomic mass is 10.2. The Balaban J connectivity index is 2.34. The van der Waals surface area contributed by atoms with Gasteiger partial charge in [-0.3, -0.25) is 4.39 Å². The SMILES string of the molecule is O=C(O)c1ccc2sc(SCCF)nc2c1. The second kappa shape index (κ2) is 4.80. The quantitative estimate of drug-likeness (QED) is 0.855. The summed E-state index contributed by atoms with van der Waals surface area (Å²) in [6.45, 7) is -0.388. The molecule has 0 atom stereocenters. The number of halogens is 1. The minimum atomic E-state index is -0.965. The highest BCUT2D eigenvalue weighted by atomic mass is 32.2. The van der Waals surface area contributed by atoms with Crippen LogP contribution < -0.4 is 0 Å². The molecule has 0 spiro atoms. The molecule has 0 radical (unpaired) electrons. The van der Waals surface area contributed by atoms with E-state index >= 15 is 0 Å². The summed E-state index contributed by atoms with van der Waals surface area (Å²) in [5.41, 5.74) is 0.881. The number of carboxylic acids is 1. The van der Waals surface area contributed by atoms with Crippen LogP contribution in [-0.4, -0.2) is 28.5 Å². The highest BCUT2D eigenvalue weighted by Crippen LogP contribution is 2.29. The van der Waals surface area contributed by atoms with Crippen LogP contribution in [-0.2, 0) is 0 Å². The Hall–Kier alpha value is -1.14. The first kappa shape index (κ1) is 11.3. The Bertz CT molecular complexity index is 527. The Morgan fingerprint density at radius 1 is 1.56 bits per heavy atom. The maximum Gasteiger partial charge on any atom is 0.335 e. The molecule has 84 valence electrons. The molecule has 1 aromatic heterocycles. The van der Waals surface area contributed by atoms with Crippen LogP contribution in [0.1, 0.15) is 10.4 Å². The van der Waals surface area contributed by atoms with E-state index in [1.54, 1.807) is 12.1 Å². The molecular formula is C10H8FNO2S2. The molecule has 1 N–H and O–H groups in total. The van der Waals surface area contributed by atoms with Gasteiger partial charge < -0.3 is 5.11 Å².